The van der Waals surface area contributed by atoms with Gasteiger partial charge in [0.25, 0.3) is 5.91 Å². The molecule has 1 fully saturated rings. The summed E-state index contributed by atoms with van der Waals surface area (Å²) >= 11 is 0. The first-order chi connectivity index (χ1) is 8.63. The average molecular weight is 251 g/mol. The van der Waals surface area contributed by atoms with Gasteiger partial charge in [-0.05, 0) is 24.6 Å². The number of rotatable bonds is 2. The Hall–Kier alpha value is -1.59. The van der Waals surface area contributed by atoms with Crippen molar-refractivity contribution >= 4 is 5.91 Å². The van der Waals surface area contributed by atoms with E-state index < -0.39 is 0 Å². The molecule has 1 amide bonds. The second kappa shape index (κ2) is 5.37. The van der Waals surface area contributed by atoms with Crippen LogP contribution in [0.15, 0.2) is 18.2 Å². The first-order valence-electron chi connectivity index (χ1n) is 5.92. The van der Waals surface area contributed by atoms with Crippen LogP contribution in [-0.2, 0) is 4.74 Å². The highest BCUT2D eigenvalue weighted by Crippen LogP contribution is 2.22. The highest BCUT2D eigenvalue weighted by molar-refractivity contribution is 5.97. The van der Waals surface area contributed by atoms with Gasteiger partial charge in [-0.3, -0.25) is 4.79 Å². The topological polar surface area (TPSA) is 70.0 Å². The van der Waals surface area contributed by atoms with Crippen molar-refractivity contribution in [2.75, 3.05) is 26.4 Å². The van der Waals surface area contributed by atoms with Crippen molar-refractivity contribution in [3.8, 4) is 5.75 Å². The molecule has 98 valence electrons. The van der Waals surface area contributed by atoms with Crippen LogP contribution in [0.3, 0.4) is 0 Å². The van der Waals surface area contributed by atoms with Crippen LogP contribution in [0.25, 0.3) is 0 Å². The average Bonchev–Trinajstić information content (AvgIpc) is 2.38. The quantitative estimate of drug-likeness (QED) is 0.804. The van der Waals surface area contributed by atoms with E-state index >= 15 is 0 Å². The molecular formula is C13H17NO4. The van der Waals surface area contributed by atoms with E-state index in [1.807, 2.05) is 6.92 Å². The normalized spacial score (nSPS) is 19.9. The summed E-state index contributed by atoms with van der Waals surface area (Å²) in [4.78, 5) is 13.8. The van der Waals surface area contributed by atoms with Crippen LogP contribution in [0.4, 0.5) is 0 Å². The summed E-state index contributed by atoms with van der Waals surface area (Å²) in [6, 6.07) is 4.60. The van der Waals surface area contributed by atoms with E-state index in [2.05, 4.69) is 0 Å². The predicted molar refractivity (Wildman–Crippen MR) is 65.6 cm³/mol. The lowest BCUT2D eigenvalue weighted by Crippen LogP contribution is -2.50. The van der Waals surface area contributed by atoms with E-state index in [1.54, 1.807) is 23.1 Å². The number of phenolic OH excluding ortho intramolecular Hbond substituents is 1. The second-order valence-corrected chi connectivity index (χ2v) is 4.43. The number of carbonyl (C=O) groups is 1. The Morgan fingerprint density at radius 2 is 2.33 bits per heavy atom. The summed E-state index contributed by atoms with van der Waals surface area (Å²) in [5.74, 6) is -0.293. The monoisotopic (exact) mass is 251 g/mol. The van der Waals surface area contributed by atoms with Crippen molar-refractivity contribution < 1.29 is 19.7 Å². The van der Waals surface area contributed by atoms with Gasteiger partial charge in [0.2, 0.25) is 0 Å². The molecule has 0 aliphatic carbocycles. The van der Waals surface area contributed by atoms with Crippen LogP contribution in [0.2, 0.25) is 0 Å². The van der Waals surface area contributed by atoms with Gasteiger partial charge in [0.15, 0.2) is 0 Å². The van der Waals surface area contributed by atoms with E-state index in [1.165, 1.54) is 0 Å². The fraction of sp³-hybridized carbons (Fsp3) is 0.462. The molecule has 1 aromatic carbocycles. The van der Waals surface area contributed by atoms with Crippen LogP contribution in [-0.4, -0.2) is 53.4 Å². The molecule has 1 atom stereocenters. The van der Waals surface area contributed by atoms with Gasteiger partial charge in [0.05, 0.1) is 31.4 Å². The number of aryl methyl sites for hydroxylation is 1. The molecule has 0 aromatic heterocycles. The lowest BCUT2D eigenvalue weighted by molar-refractivity contribution is -0.0185. The third kappa shape index (κ3) is 2.47. The van der Waals surface area contributed by atoms with Crippen LogP contribution in [0.5, 0.6) is 5.75 Å². The molecule has 0 saturated carbocycles. The summed E-state index contributed by atoms with van der Waals surface area (Å²) in [7, 11) is 0. The number of hydrogen-bond donors (Lipinski definition) is 2. The third-order valence-corrected chi connectivity index (χ3v) is 3.08. The molecule has 5 heteroatoms. The van der Waals surface area contributed by atoms with Crippen molar-refractivity contribution in [1.82, 2.24) is 4.90 Å². The first kappa shape index (κ1) is 12.9. The summed E-state index contributed by atoms with van der Waals surface area (Å²) < 4.78 is 5.22. The Kier molecular flexibility index (Phi) is 3.84. The van der Waals surface area contributed by atoms with Crippen LogP contribution >= 0.6 is 0 Å². The van der Waals surface area contributed by atoms with Crippen molar-refractivity contribution in [1.29, 1.82) is 0 Å². The van der Waals surface area contributed by atoms with E-state index in [0.29, 0.717) is 19.8 Å². The summed E-state index contributed by atoms with van der Waals surface area (Å²) in [6.45, 7) is 2.92. The Bertz CT molecular complexity index is 447. The van der Waals surface area contributed by atoms with Gasteiger partial charge < -0.3 is 19.8 Å². The van der Waals surface area contributed by atoms with Gasteiger partial charge >= 0.3 is 0 Å². The third-order valence-electron chi connectivity index (χ3n) is 3.08. The van der Waals surface area contributed by atoms with E-state index in [4.69, 9.17) is 4.74 Å². The molecule has 1 aliphatic rings. The Labute approximate surface area is 106 Å². The zero-order chi connectivity index (χ0) is 13.1. The standard InChI is InChI=1S/C13H17NO4/c1-9-2-3-11(12(16)6-9)13(17)14-4-5-18-8-10(14)7-15/h2-3,6,10,15-16H,4-5,7-8H2,1H3. The number of aromatic hydroxyl groups is 1. The van der Waals surface area contributed by atoms with E-state index in [0.717, 1.165) is 5.56 Å². The smallest absolute Gasteiger partial charge is 0.258 e. The molecule has 18 heavy (non-hydrogen) atoms. The van der Waals surface area contributed by atoms with Crippen molar-refractivity contribution in [2.24, 2.45) is 0 Å². The van der Waals surface area contributed by atoms with Crippen LogP contribution < -0.4 is 0 Å². The number of nitrogens with zero attached hydrogens (tertiary/aromatic N) is 1. The number of ether oxygens (including phenoxy) is 1. The summed E-state index contributed by atoms with van der Waals surface area (Å²) in [5, 5.41) is 19.0. The number of aliphatic hydroxyl groups is 1. The fourth-order valence-electron chi connectivity index (χ4n) is 2.05. The minimum absolute atomic E-state index is 0.0248. The van der Waals surface area contributed by atoms with Gasteiger partial charge in [-0.1, -0.05) is 6.07 Å². The maximum absolute atomic E-state index is 12.3. The zero-order valence-electron chi connectivity index (χ0n) is 10.3. The van der Waals surface area contributed by atoms with Gasteiger partial charge in [-0.25, -0.2) is 0 Å². The molecule has 0 bridgehead atoms. The lowest BCUT2D eigenvalue weighted by Gasteiger charge is -2.34. The van der Waals surface area contributed by atoms with Gasteiger partial charge in [-0.15, -0.1) is 0 Å². The SMILES string of the molecule is Cc1ccc(C(=O)N2CCOCC2CO)c(O)c1. The van der Waals surface area contributed by atoms with E-state index in [9.17, 15) is 15.0 Å². The van der Waals surface area contributed by atoms with E-state index in [-0.39, 0.29) is 29.9 Å². The number of aliphatic hydroxyl groups excluding tert-OH is 1. The van der Waals surface area contributed by atoms with Gasteiger partial charge in [-0.2, -0.15) is 0 Å². The number of hydrogen-bond acceptors (Lipinski definition) is 4. The zero-order valence-corrected chi connectivity index (χ0v) is 10.3. The second-order valence-electron chi connectivity index (χ2n) is 4.43. The molecule has 1 aromatic rings. The minimum atomic E-state index is -0.341. The lowest BCUT2D eigenvalue weighted by atomic mass is 10.1. The molecule has 0 spiro atoms. The van der Waals surface area contributed by atoms with Crippen molar-refractivity contribution in [3.05, 3.63) is 29.3 Å². The summed E-state index contributed by atoms with van der Waals surface area (Å²) in [5.41, 5.74) is 1.16. The molecule has 2 rings (SSSR count). The molecule has 1 unspecified atom stereocenters. The number of amides is 1. The van der Waals surface area contributed by atoms with Crippen LogP contribution in [0.1, 0.15) is 15.9 Å². The largest absolute Gasteiger partial charge is 0.507 e. The number of morpholine rings is 1. The van der Waals surface area contributed by atoms with Crippen molar-refractivity contribution in [2.45, 2.75) is 13.0 Å². The number of carbonyl (C=O) groups excluding carboxylic acids is 1. The Morgan fingerprint density at radius 3 is 3.00 bits per heavy atom. The van der Waals surface area contributed by atoms with Crippen molar-refractivity contribution in [3.63, 3.8) is 0 Å². The Morgan fingerprint density at radius 1 is 1.56 bits per heavy atom. The minimum Gasteiger partial charge on any atom is -0.507 e. The molecule has 2 N–H and O–H groups in total. The predicted octanol–water partition coefficient (Wildman–Crippen LogP) is 0.534. The van der Waals surface area contributed by atoms with Crippen LogP contribution in [0, 0.1) is 6.92 Å². The van der Waals surface area contributed by atoms with Gasteiger partial charge in [0, 0.05) is 6.54 Å². The number of benzene rings is 1. The first-order valence-corrected chi connectivity index (χ1v) is 5.92. The number of phenols is 1. The summed E-state index contributed by atoms with van der Waals surface area (Å²) in [6.07, 6.45) is 0. The molecule has 0 radical (unpaired) electrons. The molecule has 1 aliphatic heterocycles. The maximum Gasteiger partial charge on any atom is 0.258 e. The molecule has 5 nitrogen and oxygen atoms in total. The maximum atomic E-state index is 12.3. The Balaban J connectivity index is 2.24. The molecular weight excluding hydrogens is 234 g/mol. The fourth-order valence-corrected chi connectivity index (χ4v) is 2.05. The highest BCUT2D eigenvalue weighted by Gasteiger charge is 2.28. The molecule has 1 saturated heterocycles. The highest BCUT2D eigenvalue weighted by atomic mass is 16.5. The molecule has 1 heterocycles. The van der Waals surface area contributed by atoms with Gasteiger partial charge in [0.1, 0.15) is 5.75 Å².